The predicted octanol–water partition coefficient (Wildman–Crippen LogP) is 2.18. The van der Waals surface area contributed by atoms with E-state index >= 15 is 0 Å². The minimum absolute atomic E-state index is 0.769. The molecule has 1 aliphatic heterocycles. The summed E-state index contributed by atoms with van der Waals surface area (Å²) < 4.78 is 0. The Kier molecular flexibility index (Phi) is 1.92. The van der Waals surface area contributed by atoms with Crippen molar-refractivity contribution in [1.82, 2.24) is 5.32 Å². The van der Waals surface area contributed by atoms with Crippen LogP contribution in [0.25, 0.3) is 0 Å². The van der Waals surface area contributed by atoms with Crippen LogP contribution < -0.4 is 5.32 Å². The van der Waals surface area contributed by atoms with E-state index in [0.717, 1.165) is 11.3 Å². The first-order valence-corrected chi connectivity index (χ1v) is 5.04. The summed E-state index contributed by atoms with van der Waals surface area (Å²) in [6, 6.07) is 0. The third kappa shape index (κ3) is 1.20. The maximum absolute atomic E-state index is 3.46. The highest BCUT2D eigenvalue weighted by Crippen LogP contribution is 2.48. The van der Waals surface area contributed by atoms with Gasteiger partial charge in [0.15, 0.2) is 0 Å². The molecule has 1 aliphatic carbocycles. The fourth-order valence-electron chi connectivity index (χ4n) is 2.98. The van der Waals surface area contributed by atoms with E-state index < -0.39 is 0 Å². The fraction of sp³-hybridized carbons (Fsp3) is 1.00. The molecule has 2 rings (SSSR count). The van der Waals surface area contributed by atoms with Gasteiger partial charge in [0.2, 0.25) is 0 Å². The highest BCUT2D eigenvalue weighted by Gasteiger charge is 2.40. The molecule has 0 aromatic carbocycles. The molecule has 2 fully saturated rings. The molecule has 0 amide bonds. The van der Waals surface area contributed by atoms with Gasteiger partial charge in [-0.1, -0.05) is 19.8 Å². The van der Waals surface area contributed by atoms with Crippen LogP contribution in [0.15, 0.2) is 0 Å². The lowest BCUT2D eigenvalue weighted by molar-refractivity contribution is 0.149. The van der Waals surface area contributed by atoms with E-state index in [1.807, 2.05) is 0 Å². The third-order valence-electron chi connectivity index (χ3n) is 3.96. The van der Waals surface area contributed by atoms with Crippen LogP contribution in [0.1, 0.15) is 39.0 Å². The Balaban J connectivity index is 2.06. The normalized spacial score (nSPS) is 36.3. The standard InChI is InChI=1S/C10H19N/c1-9-3-2-4-10(9)5-7-11-8-6-10/h9,11H,2-8H2,1H3/t9-/m1/s1. The number of piperidine rings is 1. The van der Waals surface area contributed by atoms with Gasteiger partial charge in [-0.15, -0.1) is 0 Å². The molecule has 1 saturated heterocycles. The second-order valence-corrected chi connectivity index (χ2v) is 4.41. The van der Waals surface area contributed by atoms with Gasteiger partial charge in [-0.2, -0.15) is 0 Å². The molecule has 1 saturated carbocycles. The van der Waals surface area contributed by atoms with Gasteiger partial charge in [-0.05, 0) is 43.7 Å². The monoisotopic (exact) mass is 153 g/mol. The average molecular weight is 153 g/mol. The van der Waals surface area contributed by atoms with Crippen LogP contribution >= 0.6 is 0 Å². The Bertz CT molecular complexity index is 136. The summed E-state index contributed by atoms with van der Waals surface area (Å²) in [7, 11) is 0. The Labute approximate surface area is 69.6 Å². The van der Waals surface area contributed by atoms with Gasteiger partial charge in [0, 0.05) is 0 Å². The van der Waals surface area contributed by atoms with Gasteiger partial charge in [0.25, 0.3) is 0 Å². The number of rotatable bonds is 0. The predicted molar refractivity (Wildman–Crippen MR) is 47.6 cm³/mol. The van der Waals surface area contributed by atoms with Crippen molar-refractivity contribution in [3.05, 3.63) is 0 Å². The minimum atomic E-state index is 0.769. The van der Waals surface area contributed by atoms with Crippen molar-refractivity contribution in [2.75, 3.05) is 13.1 Å². The van der Waals surface area contributed by atoms with Crippen molar-refractivity contribution in [3.63, 3.8) is 0 Å². The summed E-state index contributed by atoms with van der Waals surface area (Å²) >= 11 is 0. The lowest BCUT2D eigenvalue weighted by Crippen LogP contribution is -2.38. The minimum Gasteiger partial charge on any atom is -0.317 e. The van der Waals surface area contributed by atoms with Gasteiger partial charge >= 0.3 is 0 Å². The van der Waals surface area contributed by atoms with Crippen molar-refractivity contribution in [2.24, 2.45) is 11.3 Å². The molecule has 64 valence electrons. The zero-order valence-corrected chi connectivity index (χ0v) is 7.53. The number of nitrogens with one attached hydrogen (secondary N) is 1. The smallest absolute Gasteiger partial charge is 0.00435 e. The van der Waals surface area contributed by atoms with Crippen molar-refractivity contribution >= 4 is 0 Å². The van der Waals surface area contributed by atoms with Gasteiger partial charge in [0.05, 0.1) is 0 Å². The van der Waals surface area contributed by atoms with E-state index in [9.17, 15) is 0 Å². The molecule has 2 aliphatic rings. The van der Waals surface area contributed by atoms with Gasteiger partial charge in [0.1, 0.15) is 0 Å². The Hall–Kier alpha value is -0.0400. The van der Waals surface area contributed by atoms with Crippen molar-refractivity contribution in [3.8, 4) is 0 Å². The van der Waals surface area contributed by atoms with Gasteiger partial charge in [-0.3, -0.25) is 0 Å². The first-order valence-electron chi connectivity index (χ1n) is 5.04. The maximum Gasteiger partial charge on any atom is -0.00435 e. The third-order valence-corrected chi connectivity index (χ3v) is 3.96. The van der Waals surface area contributed by atoms with E-state index in [1.165, 1.54) is 45.2 Å². The maximum atomic E-state index is 3.46. The highest BCUT2D eigenvalue weighted by atomic mass is 14.9. The summed E-state index contributed by atoms with van der Waals surface area (Å²) in [6.07, 6.45) is 7.36. The number of hydrogen-bond acceptors (Lipinski definition) is 1. The zero-order valence-electron chi connectivity index (χ0n) is 7.53. The molecule has 11 heavy (non-hydrogen) atoms. The molecular formula is C10H19N. The van der Waals surface area contributed by atoms with E-state index in [0.29, 0.717) is 0 Å². The van der Waals surface area contributed by atoms with Crippen LogP contribution in [0.2, 0.25) is 0 Å². The fourth-order valence-corrected chi connectivity index (χ4v) is 2.98. The average Bonchev–Trinajstić information content (AvgIpc) is 2.36. The van der Waals surface area contributed by atoms with E-state index in [1.54, 1.807) is 0 Å². The largest absolute Gasteiger partial charge is 0.317 e. The van der Waals surface area contributed by atoms with Crippen LogP contribution in [0.5, 0.6) is 0 Å². The molecule has 0 aromatic heterocycles. The lowest BCUT2D eigenvalue weighted by atomic mass is 9.72. The molecule has 0 aromatic rings. The van der Waals surface area contributed by atoms with Crippen molar-refractivity contribution in [1.29, 1.82) is 0 Å². The first-order chi connectivity index (χ1) is 5.33. The lowest BCUT2D eigenvalue weighted by Gasteiger charge is -2.37. The van der Waals surface area contributed by atoms with Crippen molar-refractivity contribution < 1.29 is 0 Å². The van der Waals surface area contributed by atoms with E-state index in [4.69, 9.17) is 0 Å². The molecule has 1 spiro atoms. The van der Waals surface area contributed by atoms with Crippen LogP contribution in [0.3, 0.4) is 0 Å². The molecule has 0 unspecified atom stereocenters. The number of hydrogen-bond donors (Lipinski definition) is 1. The highest BCUT2D eigenvalue weighted by molar-refractivity contribution is 4.92. The van der Waals surface area contributed by atoms with E-state index in [-0.39, 0.29) is 0 Å². The Morgan fingerprint density at radius 1 is 1.18 bits per heavy atom. The topological polar surface area (TPSA) is 12.0 Å². The van der Waals surface area contributed by atoms with Gasteiger partial charge < -0.3 is 5.32 Å². The van der Waals surface area contributed by atoms with Crippen LogP contribution in [0, 0.1) is 11.3 Å². The van der Waals surface area contributed by atoms with Crippen LogP contribution in [-0.2, 0) is 0 Å². The quantitative estimate of drug-likeness (QED) is 0.562. The second kappa shape index (κ2) is 2.78. The SMILES string of the molecule is C[C@@H]1CCCC12CCNCC2. The summed E-state index contributed by atoms with van der Waals surface area (Å²) in [4.78, 5) is 0. The molecule has 0 radical (unpaired) electrons. The first kappa shape index (κ1) is 7.60. The molecule has 0 bridgehead atoms. The van der Waals surface area contributed by atoms with Crippen LogP contribution in [-0.4, -0.2) is 13.1 Å². The molecule has 1 nitrogen and oxygen atoms in total. The van der Waals surface area contributed by atoms with E-state index in [2.05, 4.69) is 12.2 Å². The molecular weight excluding hydrogens is 134 g/mol. The summed E-state index contributed by atoms with van der Waals surface area (Å²) in [6.45, 7) is 4.99. The van der Waals surface area contributed by atoms with Crippen molar-refractivity contribution in [2.45, 2.75) is 39.0 Å². The Morgan fingerprint density at radius 2 is 1.91 bits per heavy atom. The summed E-state index contributed by atoms with van der Waals surface area (Å²) in [5.41, 5.74) is 0.769. The zero-order chi connectivity index (χ0) is 7.73. The summed E-state index contributed by atoms with van der Waals surface area (Å²) in [5.74, 6) is 1.00. The van der Waals surface area contributed by atoms with Crippen LogP contribution in [0.4, 0.5) is 0 Å². The molecule has 1 heteroatoms. The molecule has 1 heterocycles. The molecule has 1 atom stereocenters. The second-order valence-electron chi connectivity index (χ2n) is 4.41. The molecule has 1 N–H and O–H groups in total. The Morgan fingerprint density at radius 3 is 2.45 bits per heavy atom. The van der Waals surface area contributed by atoms with Gasteiger partial charge in [-0.25, -0.2) is 0 Å². The summed E-state index contributed by atoms with van der Waals surface area (Å²) in [5, 5.41) is 3.46.